The SMILES string of the molecule is CCN1CC=C2C(C#N)C(=N)C(C#N)(C#N)[C@@H](c3ccc(OC)c4ccccc34)[C@@H]2C1. The third-order valence-corrected chi connectivity index (χ3v) is 6.79. The summed E-state index contributed by atoms with van der Waals surface area (Å²) in [6.07, 6.45) is 2.03. The smallest absolute Gasteiger partial charge is 0.189 e. The predicted molar refractivity (Wildman–Crippen MR) is 117 cm³/mol. The van der Waals surface area contributed by atoms with Crippen LogP contribution < -0.4 is 4.74 Å². The number of fused-ring (bicyclic) bond motifs is 2. The molecule has 31 heavy (non-hydrogen) atoms. The molecule has 3 atom stereocenters. The van der Waals surface area contributed by atoms with Crippen molar-refractivity contribution in [3.63, 3.8) is 0 Å². The van der Waals surface area contributed by atoms with Gasteiger partial charge in [-0.3, -0.25) is 4.90 Å². The highest BCUT2D eigenvalue weighted by Crippen LogP contribution is 2.54. The van der Waals surface area contributed by atoms with Gasteiger partial charge in [-0.1, -0.05) is 43.3 Å². The number of hydrogen-bond donors (Lipinski definition) is 1. The van der Waals surface area contributed by atoms with E-state index in [9.17, 15) is 15.8 Å². The van der Waals surface area contributed by atoms with Gasteiger partial charge in [-0.05, 0) is 29.1 Å². The van der Waals surface area contributed by atoms with Crippen LogP contribution in [0.4, 0.5) is 0 Å². The molecule has 1 fully saturated rings. The predicted octanol–water partition coefficient (Wildman–Crippen LogP) is 4.02. The fourth-order valence-corrected chi connectivity index (χ4v) is 5.21. The summed E-state index contributed by atoms with van der Waals surface area (Å²) in [5, 5.41) is 41.0. The zero-order chi connectivity index (χ0) is 22.2. The average molecular weight is 409 g/mol. The van der Waals surface area contributed by atoms with E-state index in [2.05, 4.69) is 30.0 Å². The number of methoxy groups -OCH3 is 1. The zero-order valence-corrected chi connectivity index (χ0v) is 17.6. The van der Waals surface area contributed by atoms with Crippen molar-refractivity contribution in [2.75, 3.05) is 26.7 Å². The highest BCUT2D eigenvalue weighted by Gasteiger charge is 2.58. The van der Waals surface area contributed by atoms with E-state index in [1.807, 2.05) is 42.5 Å². The topological polar surface area (TPSA) is 108 Å². The molecule has 2 aromatic rings. The van der Waals surface area contributed by atoms with Gasteiger partial charge in [0.25, 0.3) is 0 Å². The lowest BCUT2D eigenvalue weighted by molar-refractivity contribution is 0.212. The van der Waals surface area contributed by atoms with Crippen molar-refractivity contribution in [3.8, 4) is 24.0 Å². The van der Waals surface area contributed by atoms with Crippen LogP contribution in [0.1, 0.15) is 18.4 Å². The molecule has 1 unspecified atom stereocenters. The minimum Gasteiger partial charge on any atom is -0.496 e. The summed E-state index contributed by atoms with van der Waals surface area (Å²) < 4.78 is 5.54. The maximum Gasteiger partial charge on any atom is 0.189 e. The second kappa shape index (κ2) is 7.88. The Hall–Kier alpha value is -3.66. The molecular formula is C25H23N5O. The Labute approximate surface area is 182 Å². The molecule has 0 saturated heterocycles. The van der Waals surface area contributed by atoms with Crippen LogP contribution in [0.25, 0.3) is 10.8 Å². The number of benzene rings is 2. The molecule has 1 heterocycles. The van der Waals surface area contributed by atoms with Gasteiger partial charge in [0.05, 0.1) is 31.0 Å². The second-order valence-electron chi connectivity index (χ2n) is 8.05. The number of nitrogens with one attached hydrogen (secondary N) is 1. The fourth-order valence-electron chi connectivity index (χ4n) is 5.21. The lowest BCUT2D eigenvalue weighted by Gasteiger charge is -2.48. The summed E-state index contributed by atoms with van der Waals surface area (Å²) >= 11 is 0. The number of nitriles is 3. The Morgan fingerprint density at radius 1 is 1.13 bits per heavy atom. The van der Waals surface area contributed by atoms with Crippen LogP contribution in [-0.2, 0) is 0 Å². The highest BCUT2D eigenvalue weighted by molar-refractivity contribution is 6.02. The van der Waals surface area contributed by atoms with Crippen molar-refractivity contribution in [2.45, 2.75) is 12.8 Å². The molecule has 2 aliphatic rings. The second-order valence-corrected chi connectivity index (χ2v) is 8.05. The molecule has 0 amide bonds. The van der Waals surface area contributed by atoms with Crippen LogP contribution in [0.3, 0.4) is 0 Å². The number of hydrogen-bond acceptors (Lipinski definition) is 6. The van der Waals surface area contributed by atoms with Gasteiger partial charge in [0.1, 0.15) is 11.7 Å². The van der Waals surface area contributed by atoms with Crippen molar-refractivity contribution < 1.29 is 4.74 Å². The zero-order valence-electron chi connectivity index (χ0n) is 17.6. The summed E-state index contributed by atoms with van der Waals surface area (Å²) in [5.41, 5.74) is -0.119. The third-order valence-electron chi connectivity index (χ3n) is 6.79. The van der Waals surface area contributed by atoms with Gasteiger partial charge in [0.15, 0.2) is 5.41 Å². The molecule has 0 aromatic heterocycles. The summed E-state index contributed by atoms with van der Waals surface area (Å²) in [6.45, 7) is 4.25. The third kappa shape index (κ3) is 2.90. The van der Waals surface area contributed by atoms with E-state index in [1.165, 1.54) is 0 Å². The Bertz CT molecular complexity index is 1200. The molecule has 6 heteroatoms. The van der Waals surface area contributed by atoms with Gasteiger partial charge in [-0.2, -0.15) is 15.8 Å². The van der Waals surface area contributed by atoms with Crippen molar-refractivity contribution in [2.24, 2.45) is 17.3 Å². The number of nitrogens with zero attached hydrogens (tertiary/aromatic N) is 4. The van der Waals surface area contributed by atoms with E-state index in [0.29, 0.717) is 18.8 Å². The lowest BCUT2D eigenvalue weighted by atomic mass is 9.54. The fraction of sp³-hybridized carbons (Fsp3) is 0.360. The number of ether oxygens (including phenoxy) is 1. The van der Waals surface area contributed by atoms with E-state index in [4.69, 9.17) is 10.1 Å². The van der Waals surface area contributed by atoms with Crippen molar-refractivity contribution in [1.29, 1.82) is 21.2 Å². The Balaban J connectivity index is 2.04. The van der Waals surface area contributed by atoms with E-state index in [1.54, 1.807) is 7.11 Å². The van der Waals surface area contributed by atoms with Gasteiger partial charge in [-0.15, -0.1) is 0 Å². The molecule has 1 saturated carbocycles. The molecular weight excluding hydrogens is 386 g/mol. The first-order valence-electron chi connectivity index (χ1n) is 10.3. The molecule has 0 spiro atoms. The first kappa shape index (κ1) is 20.6. The van der Waals surface area contributed by atoms with Crippen molar-refractivity contribution in [1.82, 2.24) is 4.90 Å². The summed E-state index contributed by atoms with van der Waals surface area (Å²) in [7, 11) is 1.62. The van der Waals surface area contributed by atoms with Crippen molar-refractivity contribution >= 4 is 16.5 Å². The van der Waals surface area contributed by atoms with Crippen LogP contribution >= 0.6 is 0 Å². The van der Waals surface area contributed by atoms with Crippen LogP contribution in [-0.4, -0.2) is 37.4 Å². The van der Waals surface area contributed by atoms with E-state index in [0.717, 1.165) is 28.5 Å². The molecule has 0 radical (unpaired) electrons. The summed E-state index contributed by atoms with van der Waals surface area (Å²) in [4.78, 5) is 2.25. The first-order valence-corrected chi connectivity index (χ1v) is 10.3. The van der Waals surface area contributed by atoms with Gasteiger partial charge in [-0.25, -0.2) is 0 Å². The molecule has 1 aliphatic carbocycles. The van der Waals surface area contributed by atoms with E-state index < -0.39 is 17.3 Å². The van der Waals surface area contributed by atoms with Crippen LogP contribution in [0.15, 0.2) is 48.0 Å². The van der Waals surface area contributed by atoms with E-state index in [-0.39, 0.29) is 11.6 Å². The summed E-state index contributed by atoms with van der Waals surface area (Å²) in [5.74, 6) is -0.891. The largest absolute Gasteiger partial charge is 0.496 e. The summed E-state index contributed by atoms with van der Waals surface area (Å²) in [6, 6.07) is 18.1. The quantitative estimate of drug-likeness (QED) is 0.771. The van der Waals surface area contributed by atoms with Crippen molar-refractivity contribution in [3.05, 3.63) is 53.6 Å². The Kier molecular flexibility index (Phi) is 5.24. The van der Waals surface area contributed by atoms with Crippen LogP contribution in [0.5, 0.6) is 5.75 Å². The first-order chi connectivity index (χ1) is 15.1. The minimum absolute atomic E-state index is 0.114. The normalized spacial score (nSPS) is 24.9. The monoisotopic (exact) mass is 409 g/mol. The van der Waals surface area contributed by atoms with Gasteiger partial charge in [0.2, 0.25) is 0 Å². The number of likely N-dealkylation sites (N-methyl/N-ethyl adjacent to an activating group) is 1. The van der Waals surface area contributed by atoms with E-state index >= 15 is 0 Å². The standard InChI is InChI=1S/C25H23N5O/c1-3-30-11-10-17-20(12-26)24(29)25(14-27,15-28)23(21(17)13-30)19-8-9-22(31-2)18-7-5-4-6-16(18)19/h4-10,20-21,23,29H,3,11,13H2,1-2H3/t20?,21-,23+/m1/s1. The molecule has 6 nitrogen and oxygen atoms in total. The minimum atomic E-state index is -1.71. The molecule has 1 N–H and O–H groups in total. The van der Waals surface area contributed by atoms with Crippen LogP contribution in [0.2, 0.25) is 0 Å². The lowest BCUT2D eigenvalue weighted by Crippen LogP contribution is -2.52. The molecule has 0 bridgehead atoms. The average Bonchev–Trinajstić information content (AvgIpc) is 2.82. The molecule has 2 aromatic carbocycles. The molecule has 1 aliphatic heterocycles. The van der Waals surface area contributed by atoms with Gasteiger partial charge >= 0.3 is 0 Å². The highest BCUT2D eigenvalue weighted by atomic mass is 16.5. The maximum atomic E-state index is 10.3. The molecule has 154 valence electrons. The number of rotatable bonds is 3. The maximum absolute atomic E-state index is 10.3. The van der Waals surface area contributed by atoms with Gasteiger partial charge in [0, 0.05) is 30.3 Å². The Morgan fingerprint density at radius 2 is 1.84 bits per heavy atom. The molecule has 4 rings (SSSR count). The van der Waals surface area contributed by atoms with Gasteiger partial charge < -0.3 is 10.1 Å². The van der Waals surface area contributed by atoms with Crippen LogP contribution in [0, 0.1) is 56.7 Å². The Morgan fingerprint density at radius 3 is 2.45 bits per heavy atom.